The fourth-order valence-corrected chi connectivity index (χ4v) is 2.99. The molecule has 2 rings (SSSR count). The summed E-state index contributed by atoms with van der Waals surface area (Å²) in [6.07, 6.45) is 3.87. The van der Waals surface area contributed by atoms with Gasteiger partial charge in [-0.15, -0.1) is 11.3 Å². The molecular weight excluding hydrogens is 284 g/mol. The fourth-order valence-electron chi connectivity index (χ4n) is 1.92. The first-order valence-electron chi connectivity index (χ1n) is 6.84. The van der Waals surface area contributed by atoms with Gasteiger partial charge in [0.05, 0.1) is 17.0 Å². The summed E-state index contributed by atoms with van der Waals surface area (Å²) in [7, 11) is 3.97. The zero-order chi connectivity index (χ0) is 15.2. The molecule has 0 saturated heterocycles. The minimum Gasteiger partial charge on any atom is -0.354 e. The van der Waals surface area contributed by atoms with Gasteiger partial charge in [-0.25, -0.2) is 4.98 Å². The van der Waals surface area contributed by atoms with Gasteiger partial charge in [0.2, 0.25) is 5.91 Å². The van der Waals surface area contributed by atoms with Crippen molar-refractivity contribution in [2.24, 2.45) is 0 Å². The molecule has 0 bridgehead atoms. The second-order valence-electron chi connectivity index (χ2n) is 5.09. The molecule has 0 spiro atoms. The van der Waals surface area contributed by atoms with Crippen molar-refractivity contribution >= 4 is 17.2 Å². The summed E-state index contributed by atoms with van der Waals surface area (Å²) < 4.78 is 0. The predicted octanol–water partition coefficient (Wildman–Crippen LogP) is 1.73. The van der Waals surface area contributed by atoms with Gasteiger partial charge < -0.3 is 10.2 Å². The van der Waals surface area contributed by atoms with Crippen LogP contribution in [0.15, 0.2) is 24.5 Å². The van der Waals surface area contributed by atoms with Crippen molar-refractivity contribution in [3.05, 3.63) is 35.2 Å². The van der Waals surface area contributed by atoms with E-state index in [2.05, 4.69) is 15.3 Å². The zero-order valence-electron chi connectivity index (χ0n) is 12.6. The van der Waals surface area contributed by atoms with E-state index in [1.54, 1.807) is 23.7 Å². The standard InChI is InChI=1S/C15H20N4OS/c1-11-15(12-4-6-16-7-5-12)21-14(18-11)10-13(20)17-8-9-19(2)3/h4-7H,8-10H2,1-3H3,(H,17,20). The Morgan fingerprint density at radius 2 is 2.05 bits per heavy atom. The summed E-state index contributed by atoms with van der Waals surface area (Å²) in [5.74, 6) is 0.0203. The first kappa shape index (κ1) is 15.6. The number of amides is 1. The lowest BCUT2D eigenvalue weighted by Crippen LogP contribution is -2.32. The number of carbonyl (C=O) groups excluding carboxylic acids is 1. The summed E-state index contributed by atoms with van der Waals surface area (Å²) in [6.45, 7) is 3.47. The Hall–Kier alpha value is -1.79. The number of hydrogen-bond acceptors (Lipinski definition) is 5. The highest BCUT2D eigenvalue weighted by molar-refractivity contribution is 7.15. The van der Waals surface area contributed by atoms with E-state index in [-0.39, 0.29) is 5.91 Å². The molecule has 0 saturated carbocycles. The molecule has 0 aromatic carbocycles. The molecule has 0 unspecified atom stereocenters. The quantitative estimate of drug-likeness (QED) is 0.883. The lowest BCUT2D eigenvalue weighted by molar-refractivity contribution is -0.120. The van der Waals surface area contributed by atoms with E-state index in [9.17, 15) is 4.79 Å². The van der Waals surface area contributed by atoms with Gasteiger partial charge in [-0.3, -0.25) is 9.78 Å². The molecule has 21 heavy (non-hydrogen) atoms. The van der Waals surface area contributed by atoms with Gasteiger partial charge in [0.25, 0.3) is 0 Å². The molecule has 2 aromatic rings. The number of nitrogens with one attached hydrogen (secondary N) is 1. The van der Waals surface area contributed by atoms with Crippen molar-refractivity contribution < 1.29 is 4.79 Å². The van der Waals surface area contributed by atoms with Gasteiger partial charge in [-0.2, -0.15) is 0 Å². The maximum Gasteiger partial charge on any atom is 0.226 e. The largest absolute Gasteiger partial charge is 0.354 e. The number of pyridine rings is 1. The van der Waals surface area contributed by atoms with Crippen molar-refractivity contribution in [3.63, 3.8) is 0 Å². The van der Waals surface area contributed by atoms with Crippen LogP contribution in [0.1, 0.15) is 10.7 Å². The topological polar surface area (TPSA) is 58.1 Å². The SMILES string of the molecule is Cc1nc(CC(=O)NCCN(C)C)sc1-c1ccncc1. The second-order valence-corrected chi connectivity index (χ2v) is 6.17. The van der Waals surface area contributed by atoms with E-state index in [1.165, 1.54) is 0 Å². The van der Waals surface area contributed by atoms with Crippen molar-refractivity contribution in [1.29, 1.82) is 0 Å². The average molecular weight is 304 g/mol. The molecule has 0 atom stereocenters. The molecule has 0 aliphatic rings. The van der Waals surface area contributed by atoms with Crippen LogP contribution in [0, 0.1) is 6.92 Å². The Morgan fingerprint density at radius 1 is 1.33 bits per heavy atom. The third-order valence-electron chi connectivity index (χ3n) is 2.98. The van der Waals surface area contributed by atoms with Crippen LogP contribution in [-0.4, -0.2) is 48.0 Å². The molecule has 0 aliphatic carbocycles. The van der Waals surface area contributed by atoms with Crippen LogP contribution in [0.4, 0.5) is 0 Å². The van der Waals surface area contributed by atoms with Gasteiger partial charge in [-0.05, 0) is 38.7 Å². The van der Waals surface area contributed by atoms with Gasteiger partial charge >= 0.3 is 0 Å². The second kappa shape index (κ2) is 7.28. The molecule has 0 radical (unpaired) electrons. The first-order chi connectivity index (χ1) is 10.1. The van der Waals surface area contributed by atoms with E-state index in [0.717, 1.165) is 27.7 Å². The van der Waals surface area contributed by atoms with Crippen molar-refractivity contribution in [3.8, 4) is 10.4 Å². The molecular formula is C15H20N4OS. The predicted molar refractivity (Wildman–Crippen MR) is 85.3 cm³/mol. The number of likely N-dealkylation sites (N-methyl/N-ethyl adjacent to an activating group) is 1. The Labute approximate surface area is 129 Å². The van der Waals surface area contributed by atoms with Gasteiger partial charge in [0.15, 0.2) is 0 Å². The Balaban J connectivity index is 1.98. The van der Waals surface area contributed by atoms with Crippen molar-refractivity contribution in [1.82, 2.24) is 20.2 Å². The Morgan fingerprint density at radius 3 is 2.71 bits per heavy atom. The van der Waals surface area contributed by atoms with E-state index >= 15 is 0 Å². The van der Waals surface area contributed by atoms with E-state index < -0.39 is 0 Å². The third-order valence-corrected chi connectivity index (χ3v) is 4.18. The fraction of sp³-hybridized carbons (Fsp3) is 0.400. The van der Waals surface area contributed by atoms with Crippen LogP contribution in [0.3, 0.4) is 0 Å². The molecule has 1 N–H and O–H groups in total. The number of rotatable bonds is 6. The van der Waals surface area contributed by atoms with Crippen LogP contribution < -0.4 is 5.32 Å². The van der Waals surface area contributed by atoms with Crippen LogP contribution in [-0.2, 0) is 11.2 Å². The zero-order valence-corrected chi connectivity index (χ0v) is 13.4. The number of thiazole rings is 1. The summed E-state index contributed by atoms with van der Waals surface area (Å²) >= 11 is 1.57. The van der Waals surface area contributed by atoms with Crippen LogP contribution in [0.25, 0.3) is 10.4 Å². The molecule has 0 fully saturated rings. The van der Waals surface area contributed by atoms with Crippen LogP contribution in [0.2, 0.25) is 0 Å². The molecule has 2 heterocycles. The third kappa shape index (κ3) is 4.61. The lowest BCUT2D eigenvalue weighted by atomic mass is 10.2. The molecule has 6 heteroatoms. The Kier molecular flexibility index (Phi) is 5.41. The van der Waals surface area contributed by atoms with Gasteiger partial charge in [0, 0.05) is 25.5 Å². The maximum absolute atomic E-state index is 11.9. The van der Waals surface area contributed by atoms with E-state index in [1.807, 2.05) is 38.1 Å². The first-order valence-corrected chi connectivity index (χ1v) is 7.66. The number of hydrogen-bond donors (Lipinski definition) is 1. The number of carbonyl (C=O) groups is 1. The smallest absolute Gasteiger partial charge is 0.226 e. The molecule has 2 aromatic heterocycles. The van der Waals surface area contributed by atoms with E-state index in [0.29, 0.717) is 13.0 Å². The molecule has 112 valence electrons. The number of aromatic nitrogens is 2. The summed E-state index contributed by atoms with van der Waals surface area (Å²) in [6, 6.07) is 3.92. The normalized spacial score (nSPS) is 10.9. The molecule has 0 aliphatic heterocycles. The summed E-state index contributed by atoms with van der Waals surface area (Å²) in [5.41, 5.74) is 2.06. The highest BCUT2D eigenvalue weighted by Crippen LogP contribution is 2.29. The monoisotopic (exact) mass is 304 g/mol. The minimum absolute atomic E-state index is 0.0203. The highest BCUT2D eigenvalue weighted by Gasteiger charge is 2.12. The molecule has 5 nitrogen and oxygen atoms in total. The lowest BCUT2D eigenvalue weighted by Gasteiger charge is -2.09. The van der Waals surface area contributed by atoms with Gasteiger partial charge in [0.1, 0.15) is 5.01 Å². The van der Waals surface area contributed by atoms with Crippen molar-refractivity contribution in [2.45, 2.75) is 13.3 Å². The summed E-state index contributed by atoms with van der Waals surface area (Å²) in [4.78, 5) is 23.5. The van der Waals surface area contributed by atoms with Crippen LogP contribution in [0.5, 0.6) is 0 Å². The van der Waals surface area contributed by atoms with E-state index in [4.69, 9.17) is 0 Å². The number of nitrogens with zero attached hydrogens (tertiary/aromatic N) is 3. The van der Waals surface area contributed by atoms with Crippen LogP contribution >= 0.6 is 11.3 Å². The molecule has 1 amide bonds. The number of aryl methyl sites for hydroxylation is 1. The van der Waals surface area contributed by atoms with Gasteiger partial charge in [-0.1, -0.05) is 0 Å². The minimum atomic E-state index is 0.0203. The Bertz CT molecular complexity index is 595. The van der Waals surface area contributed by atoms with Crippen molar-refractivity contribution in [2.75, 3.05) is 27.2 Å². The summed E-state index contributed by atoms with van der Waals surface area (Å²) in [5, 5.41) is 3.76. The maximum atomic E-state index is 11.9. The highest BCUT2D eigenvalue weighted by atomic mass is 32.1. The average Bonchev–Trinajstić information content (AvgIpc) is 2.80.